The predicted molar refractivity (Wildman–Crippen MR) is 86.7 cm³/mol. The average molecular weight is 304 g/mol. The molecule has 0 aliphatic heterocycles. The maximum absolute atomic E-state index is 10.8. The first-order chi connectivity index (χ1) is 9.58. The molecule has 1 aromatic carbocycles. The van der Waals surface area contributed by atoms with Gasteiger partial charge in [0, 0.05) is 23.9 Å². The Balaban J connectivity index is 0.00000220. The number of nitrogens with zero attached hydrogens (tertiary/aromatic N) is 1. The second-order valence-corrected chi connectivity index (χ2v) is 4.81. The summed E-state index contributed by atoms with van der Waals surface area (Å²) in [6, 6.07) is 11.9. The van der Waals surface area contributed by atoms with Crippen molar-refractivity contribution < 1.29 is 9.90 Å². The molecule has 0 bridgehead atoms. The van der Waals surface area contributed by atoms with Crippen LogP contribution in [0.15, 0.2) is 54.4 Å². The molecule has 1 atom stereocenters. The molecule has 1 aromatic heterocycles. The molecule has 1 N–H and O–H groups in total. The monoisotopic (exact) mass is 303 g/mol. The van der Waals surface area contributed by atoms with E-state index in [1.807, 2.05) is 36.5 Å². The minimum Gasteiger partial charge on any atom is -0.478 e. The van der Waals surface area contributed by atoms with Crippen LogP contribution in [0.1, 0.15) is 36.5 Å². The van der Waals surface area contributed by atoms with Crippen LogP contribution in [-0.4, -0.2) is 16.1 Å². The van der Waals surface area contributed by atoms with E-state index in [4.69, 9.17) is 5.11 Å². The number of pyridine rings is 1. The Kier molecular flexibility index (Phi) is 6.12. The minimum atomic E-state index is -0.891. The van der Waals surface area contributed by atoms with E-state index < -0.39 is 5.97 Å². The van der Waals surface area contributed by atoms with Gasteiger partial charge in [-0.05, 0) is 35.8 Å². The topological polar surface area (TPSA) is 50.2 Å². The van der Waals surface area contributed by atoms with Gasteiger partial charge in [0.15, 0.2) is 0 Å². The van der Waals surface area contributed by atoms with Gasteiger partial charge in [-0.2, -0.15) is 0 Å². The molecule has 0 spiro atoms. The normalized spacial score (nSPS) is 12.4. The Labute approximate surface area is 130 Å². The molecule has 21 heavy (non-hydrogen) atoms. The zero-order chi connectivity index (χ0) is 14.5. The number of hydrogen-bond donors (Lipinski definition) is 1. The van der Waals surface area contributed by atoms with E-state index in [1.165, 1.54) is 5.56 Å². The van der Waals surface area contributed by atoms with Crippen molar-refractivity contribution in [1.82, 2.24) is 4.98 Å². The number of benzene rings is 1. The second-order valence-electron chi connectivity index (χ2n) is 4.81. The van der Waals surface area contributed by atoms with Gasteiger partial charge in [-0.1, -0.05) is 37.3 Å². The molecule has 1 heterocycles. The maximum atomic E-state index is 10.8. The van der Waals surface area contributed by atoms with Crippen molar-refractivity contribution in [3.63, 3.8) is 0 Å². The summed E-state index contributed by atoms with van der Waals surface area (Å²) in [5.74, 6) is -0.625. The van der Waals surface area contributed by atoms with E-state index in [-0.39, 0.29) is 18.3 Å². The molecule has 0 aliphatic carbocycles. The molecule has 0 aliphatic rings. The molecule has 0 saturated carbocycles. The second kappa shape index (κ2) is 7.60. The van der Waals surface area contributed by atoms with Gasteiger partial charge in [0.05, 0.1) is 0 Å². The van der Waals surface area contributed by atoms with Gasteiger partial charge in [0.2, 0.25) is 0 Å². The number of carboxylic acids is 1. The van der Waals surface area contributed by atoms with Crippen molar-refractivity contribution >= 4 is 24.5 Å². The first kappa shape index (κ1) is 16.9. The van der Waals surface area contributed by atoms with Gasteiger partial charge in [-0.3, -0.25) is 4.98 Å². The van der Waals surface area contributed by atoms with Gasteiger partial charge in [-0.15, -0.1) is 12.4 Å². The third-order valence-corrected chi connectivity index (χ3v) is 3.34. The Hall–Kier alpha value is -2.13. The molecule has 2 rings (SSSR count). The third-order valence-electron chi connectivity index (χ3n) is 3.34. The van der Waals surface area contributed by atoms with Gasteiger partial charge in [0.25, 0.3) is 0 Å². The number of carbonyl (C=O) groups is 1. The number of carboxylic acid groups (broad SMARTS) is 1. The third kappa shape index (κ3) is 4.43. The van der Waals surface area contributed by atoms with Crippen LogP contribution < -0.4 is 0 Å². The lowest BCUT2D eigenvalue weighted by molar-refractivity contribution is -0.132. The molecule has 0 radical (unpaired) electrons. The number of rotatable bonds is 4. The van der Waals surface area contributed by atoms with Crippen LogP contribution in [0.5, 0.6) is 0 Å². The molecular formula is C17H18ClNO2. The lowest BCUT2D eigenvalue weighted by Gasteiger charge is -2.12. The molecule has 1 unspecified atom stereocenters. The number of hydrogen-bond acceptors (Lipinski definition) is 2. The van der Waals surface area contributed by atoms with Crippen molar-refractivity contribution in [2.24, 2.45) is 0 Å². The predicted octanol–water partition coefficient (Wildman–Crippen LogP) is 4.14. The zero-order valence-electron chi connectivity index (χ0n) is 12.0. The highest BCUT2D eigenvalue weighted by atomic mass is 35.5. The Morgan fingerprint density at radius 1 is 1.19 bits per heavy atom. The van der Waals surface area contributed by atoms with E-state index in [0.29, 0.717) is 5.57 Å². The SMILES string of the molecule is C/C(=C\c1ccc(C(C)c2cccnc2)cc1)C(=O)O.Cl. The van der Waals surface area contributed by atoms with E-state index in [2.05, 4.69) is 18.0 Å². The highest BCUT2D eigenvalue weighted by Gasteiger charge is 2.08. The van der Waals surface area contributed by atoms with E-state index >= 15 is 0 Å². The standard InChI is InChI=1S/C17H17NO2.ClH/c1-12(17(19)20)10-14-5-7-15(8-6-14)13(2)16-4-3-9-18-11-16;/h3-11,13H,1-2H3,(H,19,20);1H/b12-10+;. The van der Waals surface area contributed by atoms with Crippen LogP contribution in [-0.2, 0) is 4.79 Å². The summed E-state index contributed by atoms with van der Waals surface area (Å²) in [6.07, 6.45) is 5.30. The van der Waals surface area contributed by atoms with Crippen molar-refractivity contribution in [2.45, 2.75) is 19.8 Å². The van der Waals surface area contributed by atoms with Crippen LogP contribution >= 0.6 is 12.4 Å². The van der Waals surface area contributed by atoms with E-state index in [0.717, 1.165) is 11.1 Å². The fraction of sp³-hybridized carbons (Fsp3) is 0.176. The van der Waals surface area contributed by atoms with E-state index in [1.54, 1.807) is 19.2 Å². The smallest absolute Gasteiger partial charge is 0.331 e. The molecule has 0 saturated heterocycles. The Bertz CT molecular complexity index is 621. The van der Waals surface area contributed by atoms with Crippen molar-refractivity contribution in [1.29, 1.82) is 0 Å². The highest BCUT2D eigenvalue weighted by Crippen LogP contribution is 2.23. The van der Waals surface area contributed by atoms with Crippen LogP contribution in [0.3, 0.4) is 0 Å². The minimum absolute atomic E-state index is 0. The molecule has 4 heteroatoms. The maximum Gasteiger partial charge on any atom is 0.331 e. The lowest BCUT2D eigenvalue weighted by Crippen LogP contribution is -1.97. The summed E-state index contributed by atoms with van der Waals surface area (Å²) < 4.78 is 0. The van der Waals surface area contributed by atoms with Crippen molar-refractivity contribution in [3.8, 4) is 0 Å². The number of aromatic nitrogens is 1. The molecule has 110 valence electrons. The number of aliphatic carboxylic acids is 1. The zero-order valence-corrected chi connectivity index (χ0v) is 12.8. The molecule has 0 fully saturated rings. The summed E-state index contributed by atoms with van der Waals surface area (Å²) in [6.45, 7) is 3.72. The Morgan fingerprint density at radius 2 is 1.86 bits per heavy atom. The molecule has 0 amide bonds. The van der Waals surface area contributed by atoms with Crippen molar-refractivity contribution in [3.05, 3.63) is 71.1 Å². The summed E-state index contributed by atoms with van der Waals surface area (Å²) in [5, 5.41) is 8.86. The summed E-state index contributed by atoms with van der Waals surface area (Å²) in [4.78, 5) is 14.9. The first-order valence-electron chi connectivity index (χ1n) is 6.49. The molecule has 3 nitrogen and oxygen atoms in total. The fourth-order valence-electron chi connectivity index (χ4n) is 2.02. The lowest BCUT2D eigenvalue weighted by atomic mass is 9.93. The largest absolute Gasteiger partial charge is 0.478 e. The fourth-order valence-corrected chi connectivity index (χ4v) is 2.02. The van der Waals surface area contributed by atoms with Crippen LogP contribution in [0.25, 0.3) is 6.08 Å². The van der Waals surface area contributed by atoms with Crippen molar-refractivity contribution in [2.75, 3.05) is 0 Å². The highest BCUT2D eigenvalue weighted by molar-refractivity contribution is 5.91. The van der Waals surface area contributed by atoms with Crippen LogP contribution in [0.4, 0.5) is 0 Å². The average Bonchev–Trinajstić information content (AvgIpc) is 2.48. The quantitative estimate of drug-likeness (QED) is 0.864. The Morgan fingerprint density at radius 3 is 2.38 bits per heavy atom. The van der Waals surface area contributed by atoms with Gasteiger partial charge in [-0.25, -0.2) is 4.79 Å². The molecule has 2 aromatic rings. The van der Waals surface area contributed by atoms with Gasteiger partial charge < -0.3 is 5.11 Å². The van der Waals surface area contributed by atoms with Gasteiger partial charge >= 0.3 is 5.97 Å². The summed E-state index contributed by atoms with van der Waals surface area (Å²) in [5.41, 5.74) is 3.57. The summed E-state index contributed by atoms with van der Waals surface area (Å²) in [7, 11) is 0. The summed E-state index contributed by atoms with van der Waals surface area (Å²) >= 11 is 0. The van der Waals surface area contributed by atoms with Gasteiger partial charge in [0.1, 0.15) is 0 Å². The van der Waals surface area contributed by atoms with Crippen LogP contribution in [0, 0.1) is 0 Å². The van der Waals surface area contributed by atoms with E-state index in [9.17, 15) is 4.79 Å². The first-order valence-corrected chi connectivity index (χ1v) is 6.49. The number of halogens is 1. The van der Waals surface area contributed by atoms with Crippen LogP contribution in [0.2, 0.25) is 0 Å². The molecular weight excluding hydrogens is 286 g/mol.